The van der Waals surface area contributed by atoms with Crippen LogP contribution in [0.4, 0.5) is 18.9 Å². The summed E-state index contributed by atoms with van der Waals surface area (Å²) < 4.78 is 66.3. The number of amides is 1. The Labute approximate surface area is 180 Å². The Bertz CT molecular complexity index is 1090. The van der Waals surface area contributed by atoms with Crippen molar-refractivity contribution in [1.82, 2.24) is 4.31 Å². The molecule has 31 heavy (non-hydrogen) atoms. The number of sulfonamides is 1. The van der Waals surface area contributed by atoms with Crippen LogP contribution in [0.1, 0.15) is 47.3 Å². The monoisotopic (exact) mass is 454 g/mol. The summed E-state index contributed by atoms with van der Waals surface area (Å²) >= 11 is 0. The van der Waals surface area contributed by atoms with Crippen molar-refractivity contribution in [3.63, 3.8) is 0 Å². The minimum Gasteiger partial charge on any atom is -0.308 e. The van der Waals surface area contributed by atoms with Gasteiger partial charge >= 0.3 is 6.18 Å². The van der Waals surface area contributed by atoms with E-state index >= 15 is 0 Å². The van der Waals surface area contributed by atoms with Crippen molar-refractivity contribution in [2.75, 3.05) is 24.5 Å². The molecule has 1 amide bonds. The average molecular weight is 455 g/mol. The lowest BCUT2D eigenvalue weighted by Gasteiger charge is -2.30. The lowest BCUT2D eigenvalue weighted by atomic mass is 9.97. The molecule has 1 heterocycles. The maximum Gasteiger partial charge on any atom is 0.416 e. The standard InChI is InChI=1S/C22H25F3N2O3S/c1-4-26(5-2)31(29,30)18-10-8-15(3)19(14-18)21(28)27-12-6-7-16-13-17(22(23,24)25)9-11-20(16)27/h8-11,13-14H,4-7,12H2,1-3H3. The van der Waals surface area contributed by atoms with E-state index in [2.05, 4.69) is 0 Å². The summed E-state index contributed by atoms with van der Waals surface area (Å²) in [5.74, 6) is -0.421. The van der Waals surface area contributed by atoms with Crippen molar-refractivity contribution in [1.29, 1.82) is 0 Å². The SMILES string of the molecule is CCN(CC)S(=O)(=O)c1ccc(C)c(C(=O)N2CCCc3cc(C(F)(F)F)ccc32)c1. The predicted molar refractivity (Wildman–Crippen MR) is 113 cm³/mol. The summed E-state index contributed by atoms with van der Waals surface area (Å²) in [6, 6.07) is 7.80. The number of halogens is 3. The molecular formula is C22H25F3N2O3S. The molecule has 1 aliphatic heterocycles. The molecule has 0 fully saturated rings. The van der Waals surface area contributed by atoms with E-state index in [1.165, 1.54) is 27.4 Å². The molecule has 168 valence electrons. The first kappa shape index (κ1) is 23.3. The predicted octanol–water partition coefficient (Wildman–Crippen LogP) is 4.64. The third-order valence-corrected chi connectivity index (χ3v) is 7.60. The number of alkyl halides is 3. The Morgan fingerprint density at radius 2 is 1.77 bits per heavy atom. The van der Waals surface area contributed by atoms with E-state index in [0.717, 1.165) is 12.1 Å². The highest BCUT2D eigenvalue weighted by atomic mass is 32.2. The molecule has 0 unspecified atom stereocenters. The number of carbonyl (C=O) groups is 1. The first-order valence-corrected chi connectivity index (χ1v) is 11.6. The molecule has 9 heteroatoms. The molecule has 2 aromatic rings. The van der Waals surface area contributed by atoms with Crippen LogP contribution in [0.5, 0.6) is 0 Å². The Morgan fingerprint density at radius 1 is 1.10 bits per heavy atom. The normalized spacial score (nSPS) is 14.6. The highest BCUT2D eigenvalue weighted by molar-refractivity contribution is 7.89. The van der Waals surface area contributed by atoms with Gasteiger partial charge in [0, 0.05) is 30.9 Å². The van der Waals surface area contributed by atoms with Crippen LogP contribution in [-0.2, 0) is 22.6 Å². The molecule has 0 saturated carbocycles. The van der Waals surface area contributed by atoms with Gasteiger partial charge in [0.15, 0.2) is 0 Å². The highest BCUT2D eigenvalue weighted by Crippen LogP contribution is 2.36. The molecule has 0 aliphatic carbocycles. The number of aryl methyl sites for hydroxylation is 2. The fourth-order valence-electron chi connectivity index (χ4n) is 3.83. The van der Waals surface area contributed by atoms with Crippen molar-refractivity contribution in [2.45, 2.75) is 44.7 Å². The van der Waals surface area contributed by atoms with Gasteiger partial charge in [0.25, 0.3) is 5.91 Å². The molecule has 0 radical (unpaired) electrons. The second-order valence-corrected chi connectivity index (χ2v) is 9.41. The minimum atomic E-state index is -4.45. The number of hydrogen-bond acceptors (Lipinski definition) is 3. The van der Waals surface area contributed by atoms with Gasteiger partial charge in [-0.15, -0.1) is 0 Å². The molecule has 0 aromatic heterocycles. The third kappa shape index (κ3) is 4.48. The summed E-state index contributed by atoms with van der Waals surface area (Å²) in [5, 5.41) is 0. The van der Waals surface area contributed by atoms with E-state index in [4.69, 9.17) is 0 Å². The quantitative estimate of drug-likeness (QED) is 0.662. The number of fused-ring (bicyclic) bond motifs is 1. The summed E-state index contributed by atoms with van der Waals surface area (Å²) in [6.07, 6.45) is -3.49. The van der Waals surface area contributed by atoms with Gasteiger partial charge in [0.1, 0.15) is 0 Å². The average Bonchev–Trinajstić information content (AvgIpc) is 2.72. The molecular weight excluding hydrogens is 429 g/mol. The van der Waals surface area contributed by atoms with Crippen LogP contribution in [0.3, 0.4) is 0 Å². The summed E-state index contributed by atoms with van der Waals surface area (Å²) in [4.78, 5) is 14.8. The second-order valence-electron chi connectivity index (χ2n) is 7.47. The van der Waals surface area contributed by atoms with Crippen LogP contribution in [-0.4, -0.2) is 38.3 Å². The minimum absolute atomic E-state index is 0.0230. The van der Waals surface area contributed by atoms with Crippen LogP contribution in [0.25, 0.3) is 0 Å². The number of nitrogens with zero attached hydrogens (tertiary/aromatic N) is 2. The zero-order valence-electron chi connectivity index (χ0n) is 17.7. The number of anilines is 1. The first-order chi connectivity index (χ1) is 14.5. The number of carbonyl (C=O) groups excluding carboxylic acids is 1. The lowest BCUT2D eigenvalue weighted by Crippen LogP contribution is -2.36. The third-order valence-electron chi connectivity index (χ3n) is 5.55. The number of hydrogen-bond donors (Lipinski definition) is 0. The van der Waals surface area contributed by atoms with Crippen LogP contribution in [0.2, 0.25) is 0 Å². The van der Waals surface area contributed by atoms with Gasteiger partial charge < -0.3 is 4.90 Å². The van der Waals surface area contributed by atoms with Crippen molar-refractivity contribution < 1.29 is 26.4 Å². The van der Waals surface area contributed by atoms with Gasteiger partial charge in [-0.25, -0.2) is 8.42 Å². The van der Waals surface area contributed by atoms with E-state index in [9.17, 15) is 26.4 Å². The maximum atomic E-state index is 13.3. The van der Waals surface area contributed by atoms with Gasteiger partial charge in [0.05, 0.1) is 10.5 Å². The number of benzene rings is 2. The zero-order chi connectivity index (χ0) is 23.0. The highest BCUT2D eigenvalue weighted by Gasteiger charge is 2.33. The Kier molecular flexibility index (Phi) is 6.48. The maximum absolute atomic E-state index is 13.3. The van der Waals surface area contributed by atoms with E-state index < -0.39 is 27.7 Å². The van der Waals surface area contributed by atoms with Gasteiger partial charge in [-0.3, -0.25) is 4.79 Å². The van der Waals surface area contributed by atoms with Crippen LogP contribution >= 0.6 is 0 Å². The fraction of sp³-hybridized carbons (Fsp3) is 0.409. The van der Waals surface area contributed by atoms with E-state index in [1.54, 1.807) is 26.8 Å². The van der Waals surface area contributed by atoms with E-state index in [1.807, 2.05) is 0 Å². The molecule has 3 rings (SSSR count). The van der Waals surface area contributed by atoms with E-state index in [0.29, 0.717) is 49.3 Å². The van der Waals surface area contributed by atoms with Gasteiger partial charge in [-0.05, 0) is 61.2 Å². The largest absolute Gasteiger partial charge is 0.416 e. The van der Waals surface area contributed by atoms with E-state index in [-0.39, 0.29) is 10.5 Å². The topological polar surface area (TPSA) is 57.7 Å². The smallest absolute Gasteiger partial charge is 0.308 e. The van der Waals surface area contributed by atoms with Gasteiger partial charge in [-0.1, -0.05) is 19.9 Å². The summed E-state index contributed by atoms with van der Waals surface area (Å²) in [5.41, 5.74) is 0.965. The van der Waals surface area contributed by atoms with Crippen LogP contribution in [0.15, 0.2) is 41.3 Å². The molecule has 0 spiro atoms. The van der Waals surface area contributed by atoms with Crippen molar-refractivity contribution in [3.8, 4) is 0 Å². The lowest BCUT2D eigenvalue weighted by molar-refractivity contribution is -0.137. The zero-order valence-corrected chi connectivity index (χ0v) is 18.5. The van der Waals surface area contributed by atoms with Crippen LogP contribution < -0.4 is 4.90 Å². The van der Waals surface area contributed by atoms with Crippen LogP contribution in [0, 0.1) is 6.92 Å². The number of rotatable bonds is 5. The molecule has 0 bridgehead atoms. The fourth-order valence-corrected chi connectivity index (χ4v) is 5.32. The first-order valence-electron chi connectivity index (χ1n) is 10.1. The molecule has 2 aromatic carbocycles. The van der Waals surface area contributed by atoms with Crippen molar-refractivity contribution >= 4 is 21.6 Å². The van der Waals surface area contributed by atoms with Crippen molar-refractivity contribution in [2.24, 2.45) is 0 Å². The summed E-state index contributed by atoms with van der Waals surface area (Å²) in [7, 11) is -3.75. The Balaban J connectivity index is 2.02. The van der Waals surface area contributed by atoms with Gasteiger partial charge in [-0.2, -0.15) is 17.5 Å². The van der Waals surface area contributed by atoms with Gasteiger partial charge in [0.2, 0.25) is 10.0 Å². The molecule has 1 aliphatic rings. The summed E-state index contributed by atoms with van der Waals surface area (Å²) in [6.45, 7) is 6.14. The Morgan fingerprint density at radius 3 is 2.39 bits per heavy atom. The molecule has 5 nitrogen and oxygen atoms in total. The molecule has 0 N–H and O–H groups in total. The van der Waals surface area contributed by atoms with Crippen molar-refractivity contribution in [3.05, 3.63) is 58.7 Å². The molecule has 0 saturated heterocycles. The Hall–Kier alpha value is -2.39. The second kappa shape index (κ2) is 8.63. The molecule has 0 atom stereocenters.